The van der Waals surface area contributed by atoms with Gasteiger partial charge in [-0.1, -0.05) is 25.7 Å². The van der Waals surface area contributed by atoms with Gasteiger partial charge in [0.25, 0.3) is 0 Å². The lowest BCUT2D eigenvalue weighted by molar-refractivity contribution is -0.122. The van der Waals surface area contributed by atoms with Gasteiger partial charge in [-0.05, 0) is 25.7 Å². The van der Waals surface area contributed by atoms with Crippen LogP contribution in [0.1, 0.15) is 57.4 Å². The summed E-state index contributed by atoms with van der Waals surface area (Å²) >= 11 is 0. The van der Waals surface area contributed by atoms with Gasteiger partial charge in [-0.2, -0.15) is 0 Å². The van der Waals surface area contributed by atoms with E-state index < -0.39 is 0 Å². The quantitative estimate of drug-likeness (QED) is 0.854. The molecule has 2 fully saturated rings. The lowest BCUT2D eigenvalue weighted by Gasteiger charge is -2.16. The molecule has 5 nitrogen and oxygen atoms in total. The molecule has 2 aliphatic rings. The van der Waals surface area contributed by atoms with Crippen LogP contribution in [0.4, 0.5) is 0 Å². The van der Waals surface area contributed by atoms with Gasteiger partial charge in [0.1, 0.15) is 6.54 Å². The molecule has 0 saturated heterocycles. The molecule has 0 radical (unpaired) electrons. The van der Waals surface area contributed by atoms with E-state index in [0.29, 0.717) is 12.1 Å². The van der Waals surface area contributed by atoms with Gasteiger partial charge in [-0.25, -0.2) is 4.79 Å². The van der Waals surface area contributed by atoms with Crippen LogP contribution in [0.5, 0.6) is 0 Å². The van der Waals surface area contributed by atoms with Crippen LogP contribution >= 0.6 is 0 Å². The average Bonchev–Trinajstić information content (AvgIpc) is 3.22. The topological polar surface area (TPSA) is 56.0 Å². The number of nitrogens with zero attached hydrogens (tertiary/aromatic N) is 2. The second-order valence-corrected chi connectivity index (χ2v) is 6.10. The molecular formula is C15H23N3O2. The predicted molar refractivity (Wildman–Crippen MR) is 76.6 cm³/mol. The van der Waals surface area contributed by atoms with Gasteiger partial charge >= 0.3 is 5.69 Å². The molecule has 0 aliphatic heterocycles. The summed E-state index contributed by atoms with van der Waals surface area (Å²) in [5, 5.41) is 3.08. The minimum atomic E-state index is -0.0523. The van der Waals surface area contributed by atoms with Crippen molar-refractivity contribution in [3.8, 4) is 0 Å². The minimum Gasteiger partial charge on any atom is -0.352 e. The van der Waals surface area contributed by atoms with Crippen molar-refractivity contribution in [1.29, 1.82) is 0 Å². The van der Waals surface area contributed by atoms with Gasteiger partial charge in [0.15, 0.2) is 0 Å². The molecule has 5 heteroatoms. The zero-order valence-electron chi connectivity index (χ0n) is 11.9. The Morgan fingerprint density at radius 2 is 1.80 bits per heavy atom. The number of imidazole rings is 1. The van der Waals surface area contributed by atoms with Crippen molar-refractivity contribution in [1.82, 2.24) is 14.5 Å². The maximum absolute atomic E-state index is 12.1. The molecule has 2 aliphatic carbocycles. The van der Waals surface area contributed by atoms with Crippen LogP contribution in [0, 0.1) is 0 Å². The number of rotatable bonds is 4. The first kappa shape index (κ1) is 13.5. The molecule has 20 heavy (non-hydrogen) atoms. The van der Waals surface area contributed by atoms with Crippen molar-refractivity contribution in [2.24, 2.45) is 0 Å². The first-order valence-corrected chi connectivity index (χ1v) is 7.80. The molecule has 0 bridgehead atoms. The van der Waals surface area contributed by atoms with Gasteiger partial charge in [0, 0.05) is 24.5 Å². The monoisotopic (exact) mass is 277 g/mol. The minimum absolute atomic E-state index is 0.0347. The van der Waals surface area contributed by atoms with Crippen LogP contribution in [0.15, 0.2) is 17.2 Å². The summed E-state index contributed by atoms with van der Waals surface area (Å²) in [5.74, 6) is -0.0347. The van der Waals surface area contributed by atoms with Crippen molar-refractivity contribution < 1.29 is 4.79 Å². The maximum Gasteiger partial charge on any atom is 0.328 e. The van der Waals surface area contributed by atoms with Crippen molar-refractivity contribution >= 4 is 5.91 Å². The summed E-state index contributed by atoms with van der Waals surface area (Å²) in [5.41, 5.74) is -0.0523. The fourth-order valence-corrected chi connectivity index (χ4v) is 3.03. The van der Waals surface area contributed by atoms with Gasteiger partial charge in [0.05, 0.1) is 0 Å². The highest BCUT2D eigenvalue weighted by Gasteiger charge is 2.26. The molecule has 1 aromatic rings. The molecule has 1 heterocycles. The molecule has 2 saturated carbocycles. The van der Waals surface area contributed by atoms with Crippen molar-refractivity contribution in [2.75, 3.05) is 0 Å². The van der Waals surface area contributed by atoms with E-state index in [-0.39, 0.29) is 18.1 Å². The summed E-state index contributed by atoms with van der Waals surface area (Å²) in [7, 11) is 0. The number of hydrogen-bond acceptors (Lipinski definition) is 2. The van der Waals surface area contributed by atoms with E-state index in [9.17, 15) is 9.59 Å². The second-order valence-electron chi connectivity index (χ2n) is 6.10. The van der Waals surface area contributed by atoms with E-state index in [4.69, 9.17) is 0 Å². The van der Waals surface area contributed by atoms with Crippen LogP contribution < -0.4 is 11.0 Å². The molecular weight excluding hydrogens is 254 g/mol. The van der Waals surface area contributed by atoms with Gasteiger partial charge in [-0.3, -0.25) is 13.9 Å². The highest BCUT2D eigenvalue weighted by molar-refractivity contribution is 5.76. The number of carbonyl (C=O) groups excluding carboxylic acids is 1. The summed E-state index contributed by atoms with van der Waals surface area (Å²) in [6, 6.07) is 0.667. The second kappa shape index (κ2) is 5.85. The Morgan fingerprint density at radius 3 is 2.45 bits per heavy atom. The average molecular weight is 277 g/mol. The van der Waals surface area contributed by atoms with E-state index in [0.717, 1.165) is 25.7 Å². The molecule has 110 valence electrons. The maximum atomic E-state index is 12.1. The third-order valence-electron chi connectivity index (χ3n) is 4.35. The first-order chi connectivity index (χ1) is 9.74. The standard InChI is InChI=1S/C15H23N3O2/c19-14(16-12-5-3-1-2-4-6-12)11-17-9-10-18(15(17)20)13-7-8-13/h9-10,12-13H,1-8,11H2,(H,16,19). The van der Waals surface area contributed by atoms with E-state index in [1.54, 1.807) is 17.0 Å². The summed E-state index contributed by atoms with van der Waals surface area (Å²) in [4.78, 5) is 24.1. The molecule has 0 atom stereocenters. The molecule has 1 aromatic heterocycles. The Labute approximate surface area is 119 Å². The third kappa shape index (κ3) is 3.14. The Bertz CT molecular complexity index is 519. The number of hydrogen-bond donors (Lipinski definition) is 1. The van der Waals surface area contributed by atoms with Crippen LogP contribution in [0.3, 0.4) is 0 Å². The van der Waals surface area contributed by atoms with Crippen LogP contribution in [0.2, 0.25) is 0 Å². The lowest BCUT2D eigenvalue weighted by Crippen LogP contribution is -2.38. The van der Waals surface area contributed by atoms with Crippen LogP contribution in [-0.4, -0.2) is 21.1 Å². The predicted octanol–water partition coefficient (Wildman–Crippen LogP) is 1.82. The molecule has 0 aromatic carbocycles. The van der Waals surface area contributed by atoms with E-state index in [1.807, 2.05) is 0 Å². The Morgan fingerprint density at radius 1 is 1.10 bits per heavy atom. The third-order valence-corrected chi connectivity index (χ3v) is 4.35. The van der Waals surface area contributed by atoms with Crippen LogP contribution in [-0.2, 0) is 11.3 Å². The van der Waals surface area contributed by atoms with Gasteiger partial charge in [0.2, 0.25) is 5.91 Å². The summed E-state index contributed by atoms with van der Waals surface area (Å²) < 4.78 is 3.27. The number of aromatic nitrogens is 2. The Hall–Kier alpha value is -1.52. The molecule has 0 spiro atoms. The van der Waals surface area contributed by atoms with E-state index >= 15 is 0 Å². The van der Waals surface area contributed by atoms with Gasteiger partial charge in [-0.15, -0.1) is 0 Å². The summed E-state index contributed by atoms with van der Waals surface area (Å²) in [6.45, 7) is 0.148. The van der Waals surface area contributed by atoms with Crippen LogP contribution in [0.25, 0.3) is 0 Å². The first-order valence-electron chi connectivity index (χ1n) is 7.80. The molecule has 0 unspecified atom stereocenters. The normalized spacial score (nSPS) is 20.6. The number of amides is 1. The Kier molecular flexibility index (Phi) is 3.94. The smallest absolute Gasteiger partial charge is 0.328 e. The molecule has 1 N–H and O–H groups in total. The summed E-state index contributed by atoms with van der Waals surface area (Å²) in [6.07, 6.45) is 12.8. The molecule has 3 rings (SSSR count). The van der Waals surface area contributed by atoms with Crippen molar-refractivity contribution in [3.05, 3.63) is 22.9 Å². The van der Waals surface area contributed by atoms with Crippen molar-refractivity contribution in [3.63, 3.8) is 0 Å². The van der Waals surface area contributed by atoms with E-state index in [1.165, 1.54) is 30.3 Å². The fraction of sp³-hybridized carbons (Fsp3) is 0.733. The Balaban J connectivity index is 1.56. The zero-order chi connectivity index (χ0) is 13.9. The van der Waals surface area contributed by atoms with E-state index in [2.05, 4.69) is 5.32 Å². The fourth-order valence-electron chi connectivity index (χ4n) is 3.03. The lowest BCUT2D eigenvalue weighted by atomic mass is 10.1. The highest BCUT2D eigenvalue weighted by atomic mass is 16.2. The van der Waals surface area contributed by atoms with Crippen molar-refractivity contribution in [2.45, 2.75) is 70.0 Å². The largest absolute Gasteiger partial charge is 0.352 e. The highest BCUT2D eigenvalue weighted by Crippen LogP contribution is 2.33. The zero-order valence-corrected chi connectivity index (χ0v) is 11.9. The number of nitrogens with one attached hydrogen (secondary N) is 1. The SMILES string of the molecule is O=C(Cn1ccn(C2CC2)c1=O)NC1CCCCCC1. The number of carbonyl (C=O) groups is 1. The van der Waals surface area contributed by atoms with Gasteiger partial charge < -0.3 is 5.32 Å². The molecule has 1 amide bonds.